The standard InChI is InChI=1S/C18H21N3O2/c1-20-17(22)14-9-7-13(8-10-14)11-15(12-19)18(23)21-16-5-3-2-4-6-16/h7-11,16H,2-6H2,1H3,(H,20,22)(H,21,23)/b15-11-. The maximum Gasteiger partial charge on any atom is 0.262 e. The molecule has 1 aromatic carbocycles. The van der Waals surface area contributed by atoms with Gasteiger partial charge in [0.25, 0.3) is 11.8 Å². The number of hydrogen-bond acceptors (Lipinski definition) is 3. The summed E-state index contributed by atoms with van der Waals surface area (Å²) < 4.78 is 0. The van der Waals surface area contributed by atoms with Crippen LogP contribution in [0.2, 0.25) is 0 Å². The highest BCUT2D eigenvalue weighted by Gasteiger charge is 2.18. The Morgan fingerprint density at radius 2 is 1.83 bits per heavy atom. The lowest BCUT2D eigenvalue weighted by atomic mass is 9.95. The predicted octanol–water partition coefficient (Wildman–Crippen LogP) is 2.40. The lowest BCUT2D eigenvalue weighted by molar-refractivity contribution is -0.117. The van der Waals surface area contributed by atoms with E-state index in [0.29, 0.717) is 11.1 Å². The Hall–Kier alpha value is -2.61. The molecule has 1 aliphatic carbocycles. The Morgan fingerprint density at radius 3 is 2.39 bits per heavy atom. The summed E-state index contributed by atoms with van der Waals surface area (Å²) in [5, 5.41) is 14.7. The minimum atomic E-state index is -0.324. The first-order valence-electron chi connectivity index (χ1n) is 7.89. The van der Waals surface area contributed by atoms with Crippen LogP contribution in [0.4, 0.5) is 0 Å². The second-order valence-corrected chi connectivity index (χ2v) is 5.68. The molecule has 2 N–H and O–H groups in total. The molecule has 5 heteroatoms. The number of carbonyl (C=O) groups excluding carboxylic acids is 2. The largest absolute Gasteiger partial charge is 0.355 e. The highest BCUT2D eigenvalue weighted by Crippen LogP contribution is 2.18. The fraction of sp³-hybridized carbons (Fsp3) is 0.389. The van der Waals surface area contributed by atoms with Crippen molar-refractivity contribution >= 4 is 17.9 Å². The van der Waals surface area contributed by atoms with Crippen molar-refractivity contribution in [2.75, 3.05) is 7.05 Å². The molecule has 2 rings (SSSR count). The van der Waals surface area contributed by atoms with Crippen LogP contribution in [0, 0.1) is 11.3 Å². The SMILES string of the molecule is CNC(=O)c1ccc(/C=C(/C#N)C(=O)NC2CCCCC2)cc1. The van der Waals surface area contributed by atoms with E-state index < -0.39 is 0 Å². The van der Waals surface area contributed by atoms with E-state index in [0.717, 1.165) is 25.7 Å². The Balaban J connectivity index is 2.06. The summed E-state index contributed by atoms with van der Waals surface area (Å²) in [7, 11) is 1.57. The van der Waals surface area contributed by atoms with Crippen LogP contribution >= 0.6 is 0 Å². The van der Waals surface area contributed by atoms with E-state index in [4.69, 9.17) is 0 Å². The van der Waals surface area contributed by atoms with E-state index in [2.05, 4.69) is 10.6 Å². The van der Waals surface area contributed by atoms with E-state index in [-0.39, 0.29) is 23.4 Å². The molecular formula is C18H21N3O2. The number of amides is 2. The highest BCUT2D eigenvalue weighted by molar-refractivity contribution is 6.02. The molecule has 1 fully saturated rings. The van der Waals surface area contributed by atoms with Gasteiger partial charge in [-0.05, 0) is 36.6 Å². The molecule has 0 atom stereocenters. The smallest absolute Gasteiger partial charge is 0.262 e. The van der Waals surface area contributed by atoms with Crippen molar-refractivity contribution in [2.24, 2.45) is 0 Å². The molecule has 2 amide bonds. The van der Waals surface area contributed by atoms with Gasteiger partial charge in [-0.3, -0.25) is 9.59 Å². The first-order valence-corrected chi connectivity index (χ1v) is 7.89. The number of nitriles is 1. The number of nitrogens with zero attached hydrogens (tertiary/aromatic N) is 1. The fourth-order valence-electron chi connectivity index (χ4n) is 2.70. The fourth-order valence-corrected chi connectivity index (χ4v) is 2.70. The van der Waals surface area contributed by atoms with Crippen molar-refractivity contribution in [1.29, 1.82) is 5.26 Å². The Kier molecular flexibility index (Phi) is 5.93. The Morgan fingerprint density at radius 1 is 1.17 bits per heavy atom. The molecule has 5 nitrogen and oxygen atoms in total. The normalized spacial score (nSPS) is 15.6. The van der Waals surface area contributed by atoms with Crippen LogP contribution in [0.25, 0.3) is 6.08 Å². The first-order chi connectivity index (χ1) is 11.1. The van der Waals surface area contributed by atoms with Crippen molar-refractivity contribution in [1.82, 2.24) is 10.6 Å². The summed E-state index contributed by atoms with van der Waals surface area (Å²) in [5.41, 5.74) is 1.34. The number of benzene rings is 1. The molecule has 1 saturated carbocycles. The molecule has 0 radical (unpaired) electrons. The lowest BCUT2D eigenvalue weighted by Gasteiger charge is -2.22. The molecule has 0 bridgehead atoms. The second kappa shape index (κ2) is 8.14. The molecule has 0 unspecified atom stereocenters. The summed E-state index contributed by atoms with van der Waals surface area (Å²) >= 11 is 0. The third-order valence-electron chi connectivity index (χ3n) is 4.02. The molecule has 1 aromatic rings. The van der Waals surface area contributed by atoms with Gasteiger partial charge in [0.15, 0.2) is 0 Å². The van der Waals surface area contributed by atoms with E-state index in [1.165, 1.54) is 6.42 Å². The van der Waals surface area contributed by atoms with Gasteiger partial charge < -0.3 is 10.6 Å². The van der Waals surface area contributed by atoms with Crippen LogP contribution in [0.15, 0.2) is 29.8 Å². The van der Waals surface area contributed by atoms with Gasteiger partial charge in [-0.2, -0.15) is 5.26 Å². The quantitative estimate of drug-likeness (QED) is 0.661. The summed E-state index contributed by atoms with van der Waals surface area (Å²) in [6.07, 6.45) is 6.96. The minimum Gasteiger partial charge on any atom is -0.355 e. The highest BCUT2D eigenvalue weighted by atomic mass is 16.2. The van der Waals surface area contributed by atoms with Gasteiger partial charge in [0.05, 0.1) is 0 Å². The average molecular weight is 311 g/mol. The van der Waals surface area contributed by atoms with Gasteiger partial charge in [0.1, 0.15) is 11.6 Å². The van der Waals surface area contributed by atoms with Gasteiger partial charge in [0, 0.05) is 18.7 Å². The summed E-state index contributed by atoms with van der Waals surface area (Å²) in [5.74, 6) is -0.495. The van der Waals surface area contributed by atoms with E-state index in [1.807, 2.05) is 6.07 Å². The van der Waals surface area contributed by atoms with Gasteiger partial charge in [0.2, 0.25) is 0 Å². The Bertz CT molecular complexity index is 635. The molecule has 0 heterocycles. The summed E-state index contributed by atoms with van der Waals surface area (Å²) in [6.45, 7) is 0. The number of nitrogens with one attached hydrogen (secondary N) is 2. The third-order valence-corrected chi connectivity index (χ3v) is 4.02. The van der Waals surface area contributed by atoms with Gasteiger partial charge in [-0.15, -0.1) is 0 Å². The minimum absolute atomic E-state index is 0.0864. The van der Waals surface area contributed by atoms with E-state index >= 15 is 0 Å². The number of rotatable bonds is 4. The topological polar surface area (TPSA) is 82.0 Å². The molecule has 0 aromatic heterocycles. The van der Waals surface area contributed by atoms with Gasteiger partial charge >= 0.3 is 0 Å². The van der Waals surface area contributed by atoms with Crippen LogP contribution in [0.5, 0.6) is 0 Å². The lowest BCUT2D eigenvalue weighted by Crippen LogP contribution is -2.36. The van der Waals surface area contributed by atoms with Crippen molar-refractivity contribution in [2.45, 2.75) is 38.1 Å². The predicted molar refractivity (Wildman–Crippen MR) is 88.4 cm³/mol. The van der Waals surface area contributed by atoms with Crippen LogP contribution in [-0.4, -0.2) is 24.9 Å². The maximum absolute atomic E-state index is 12.2. The van der Waals surface area contributed by atoms with Crippen molar-refractivity contribution in [3.63, 3.8) is 0 Å². The van der Waals surface area contributed by atoms with Crippen LogP contribution < -0.4 is 10.6 Å². The molecule has 0 spiro atoms. The average Bonchev–Trinajstić information content (AvgIpc) is 2.60. The summed E-state index contributed by atoms with van der Waals surface area (Å²) in [4.78, 5) is 23.7. The number of carbonyl (C=O) groups is 2. The van der Waals surface area contributed by atoms with Crippen LogP contribution in [-0.2, 0) is 4.79 Å². The van der Waals surface area contributed by atoms with Gasteiger partial charge in [-0.1, -0.05) is 31.4 Å². The molecule has 0 saturated heterocycles. The van der Waals surface area contributed by atoms with Crippen LogP contribution in [0.1, 0.15) is 48.0 Å². The molecule has 0 aliphatic heterocycles. The molecule has 1 aliphatic rings. The van der Waals surface area contributed by atoms with Crippen molar-refractivity contribution in [3.05, 3.63) is 41.0 Å². The summed E-state index contributed by atoms with van der Waals surface area (Å²) in [6, 6.07) is 8.90. The molecule has 120 valence electrons. The Labute approximate surface area is 136 Å². The zero-order valence-corrected chi connectivity index (χ0v) is 13.3. The molecule has 23 heavy (non-hydrogen) atoms. The zero-order chi connectivity index (χ0) is 16.7. The zero-order valence-electron chi connectivity index (χ0n) is 13.3. The number of hydrogen-bond donors (Lipinski definition) is 2. The van der Waals surface area contributed by atoms with Crippen molar-refractivity contribution in [3.8, 4) is 6.07 Å². The first kappa shape index (κ1) is 16.8. The second-order valence-electron chi connectivity index (χ2n) is 5.68. The van der Waals surface area contributed by atoms with Gasteiger partial charge in [-0.25, -0.2) is 0 Å². The maximum atomic E-state index is 12.2. The monoisotopic (exact) mass is 311 g/mol. The van der Waals surface area contributed by atoms with Crippen LogP contribution in [0.3, 0.4) is 0 Å². The van der Waals surface area contributed by atoms with Crippen molar-refractivity contribution < 1.29 is 9.59 Å². The molecular weight excluding hydrogens is 290 g/mol. The van der Waals surface area contributed by atoms with E-state index in [1.54, 1.807) is 37.4 Å². The van der Waals surface area contributed by atoms with E-state index in [9.17, 15) is 14.9 Å². The third kappa shape index (κ3) is 4.68.